The SMILES string of the molecule is C=C(C(C)Cn1c(=C)ccc1=C)C(C)(C)C. The molecule has 1 aromatic rings. The predicted molar refractivity (Wildman–Crippen MR) is 72.5 cm³/mol. The highest BCUT2D eigenvalue weighted by Crippen LogP contribution is 2.30. The zero-order valence-electron chi connectivity index (χ0n) is 11.0. The molecule has 1 heteroatoms. The molecule has 0 aliphatic rings. The Morgan fingerprint density at radius 3 is 2.06 bits per heavy atom. The summed E-state index contributed by atoms with van der Waals surface area (Å²) in [5.41, 5.74) is 1.44. The van der Waals surface area contributed by atoms with Crippen LogP contribution < -0.4 is 10.7 Å². The van der Waals surface area contributed by atoms with E-state index in [0.717, 1.165) is 17.2 Å². The predicted octanol–water partition coefficient (Wildman–Crippen LogP) is 2.55. The van der Waals surface area contributed by atoms with Crippen LogP contribution >= 0.6 is 0 Å². The summed E-state index contributed by atoms with van der Waals surface area (Å²) in [4.78, 5) is 0. The summed E-state index contributed by atoms with van der Waals surface area (Å²) in [6.45, 7) is 22.0. The van der Waals surface area contributed by atoms with Crippen molar-refractivity contribution in [3.05, 3.63) is 35.0 Å². The third kappa shape index (κ3) is 2.66. The minimum Gasteiger partial charge on any atom is -0.342 e. The van der Waals surface area contributed by atoms with E-state index in [-0.39, 0.29) is 5.41 Å². The first-order valence-electron chi connectivity index (χ1n) is 5.76. The fourth-order valence-corrected chi connectivity index (χ4v) is 1.91. The molecule has 1 atom stereocenters. The van der Waals surface area contributed by atoms with Crippen LogP contribution in [0.3, 0.4) is 0 Å². The van der Waals surface area contributed by atoms with Crippen LogP contribution in [0.5, 0.6) is 0 Å². The fourth-order valence-electron chi connectivity index (χ4n) is 1.91. The molecule has 0 N–H and O–H groups in total. The molecule has 0 fully saturated rings. The van der Waals surface area contributed by atoms with E-state index in [1.165, 1.54) is 5.57 Å². The minimum absolute atomic E-state index is 0.162. The Morgan fingerprint density at radius 2 is 1.69 bits per heavy atom. The minimum atomic E-state index is 0.162. The molecule has 16 heavy (non-hydrogen) atoms. The average molecular weight is 217 g/mol. The maximum absolute atomic E-state index is 4.21. The maximum Gasteiger partial charge on any atom is 0.0338 e. The number of aromatic nitrogens is 1. The van der Waals surface area contributed by atoms with Crippen molar-refractivity contribution in [2.75, 3.05) is 0 Å². The van der Waals surface area contributed by atoms with Crippen LogP contribution in [0.1, 0.15) is 27.7 Å². The first-order valence-corrected chi connectivity index (χ1v) is 5.76. The summed E-state index contributed by atoms with van der Waals surface area (Å²) in [7, 11) is 0. The fraction of sp³-hybridized carbons (Fsp3) is 0.467. The Kier molecular flexibility index (Phi) is 3.47. The highest BCUT2D eigenvalue weighted by Gasteiger charge is 2.20. The first-order chi connectivity index (χ1) is 7.23. The van der Waals surface area contributed by atoms with Crippen molar-refractivity contribution < 1.29 is 0 Å². The van der Waals surface area contributed by atoms with Gasteiger partial charge in [0.25, 0.3) is 0 Å². The van der Waals surface area contributed by atoms with Crippen molar-refractivity contribution in [3.63, 3.8) is 0 Å². The molecular weight excluding hydrogens is 194 g/mol. The molecule has 1 rings (SSSR count). The Hall–Kier alpha value is -1.24. The van der Waals surface area contributed by atoms with E-state index in [1.807, 2.05) is 12.1 Å². The number of hydrogen-bond acceptors (Lipinski definition) is 0. The van der Waals surface area contributed by atoms with Crippen molar-refractivity contribution in [1.29, 1.82) is 0 Å². The third-order valence-electron chi connectivity index (χ3n) is 3.18. The standard InChI is InChI=1S/C15H23N/c1-11(14(4)15(5,6)7)10-16-12(2)8-9-13(16)3/h8-9,11H,2-4,10H2,1,5-7H3. The number of rotatable bonds is 3. The van der Waals surface area contributed by atoms with Crippen molar-refractivity contribution in [1.82, 2.24) is 4.57 Å². The lowest BCUT2D eigenvalue weighted by atomic mass is 9.80. The zero-order chi connectivity index (χ0) is 12.5. The average Bonchev–Trinajstić information content (AvgIpc) is 2.46. The van der Waals surface area contributed by atoms with Crippen LogP contribution in [0.25, 0.3) is 13.2 Å². The topological polar surface area (TPSA) is 4.93 Å². The molecule has 0 amide bonds. The first kappa shape index (κ1) is 12.8. The van der Waals surface area contributed by atoms with Gasteiger partial charge in [-0.05, 0) is 23.5 Å². The van der Waals surface area contributed by atoms with Crippen LogP contribution in [0.4, 0.5) is 0 Å². The van der Waals surface area contributed by atoms with Crippen molar-refractivity contribution in [2.45, 2.75) is 34.2 Å². The van der Waals surface area contributed by atoms with Gasteiger partial charge in [-0.15, -0.1) is 0 Å². The molecule has 0 spiro atoms. The van der Waals surface area contributed by atoms with Gasteiger partial charge in [-0.3, -0.25) is 0 Å². The van der Waals surface area contributed by atoms with E-state index in [9.17, 15) is 0 Å². The van der Waals surface area contributed by atoms with Crippen molar-refractivity contribution >= 4 is 13.2 Å². The molecule has 0 radical (unpaired) electrons. The molecule has 1 aromatic heterocycles. The van der Waals surface area contributed by atoms with Crippen molar-refractivity contribution in [2.24, 2.45) is 11.3 Å². The zero-order valence-corrected chi connectivity index (χ0v) is 11.0. The van der Waals surface area contributed by atoms with Gasteiger partial charge in [0.2, 0.25) is 0 Å². The van der Waals surface area contributed by atoms with E-state index in [4.69, 9.17) is 0 Å². The quantitative estimate of drug-likeness (QED) is 0.686. The lowest BCUT2D eigenvalue weighted by molar-refractivity contribution is 0.404. The van der Waals surface area contributed by atoms with Crippen LogP contribution in [-0.4, -0.2) is 4.57 Å². The van der Waals surface area contributed by atoms with Crippen LogP contribution in [-0.2, 0) is 6.54 Å². The van der Waals surface area contributed by atoms with Gasteiger partial charge in [-0.2, -0.15) is 0 Å². The summed E-state index contributed by atoms with van der Waals surface area (Å²) >= 11 is 0. The van der Waals surface area contributed by atoms with Gasteiger partial charge >= 0.3 is 0 Å². The van der Waals surface area contributed by atoms with Crippen LogP contribution in [0, 0.1) is 11.3 Å². The highest BCUT2D eigenvalue weighted by molar-refractivity contribution is 5.12. The second-order valence-corrected chi connectivity index (χ2v) is 5.60. The van der Waals surface area contributed by atoms with Gasteiger partial charge in [0.05, 0.1) is 0 Å². The molecule has 1 nitrogen and oxygen atoms in total. The van der Waals surface area contributed by atoms with Crippen LogP contribution in [0.2, 0.25) is 0 Å². The molecule has 88 valence electrons. The Balaban J connectivity index is 2.88. The van der Waals surface area contributed by atoms with Gasteiger partial charge in [0.15, 0.2) is 0 Å². The van der Waals surface area contributed by atoms with Gasteiger partial charge < -0.3 is 4.57 Å². The summed E-state index contributed by atoms with van der Waals surface area (Å²) in [5, 5.41) is 2.05. The molecular formula is C15H23N. The molecule has 0 saturated carbocycles. The molecule has 1 unspecified atom stereocenters. The van der Waals surface area contributed by atoms with Gasteiger partial charge in [-0.25, -0.2) is 0 Å². The maximum atomic E-state index is 4.21. The Morgan fingerprint density at radius 1 is 1.25 bits per heavy atom. The number of nitrogens with zero attached hydrogens (tertiary/aromatic N) is 1. The van der Waals surface area contributed by atoms with E-state index in [2.05, 4.69) is 52.0 Å². The molecule has 0 bridgehead atoms. The monoisotopic (exact) mass is 217 g/mol. The largest absolute Gasteiger partial charge is 0.342 e. The van der Waals surface area contributed by atoms with E-state index < -0.39 is 0 Å². The molecule has 0 aromatic carbocycles. The summed E-state index contributed by atoms with van der Waals surface area (Å²) < 4.78 is 2.15. The van der Waals surface area contributed by atoms with Gasteiger partial charge in [0.1, 0.15) is 0 Å². The van der Waals surface area contributed by atoms with E-state index in [0.29, 0.717) is 5.92 Å². The molecule has 0 aliphatic heterocycles. The highest BCUT2D eigenvalue weighted by atomic mass is 15.0. The lowest BCUT2D eigenvalue weighted by Gasteiger charge is -2.27. The Labute approximate surface area is 98.8 Å². The molecule has 0 saturated heterocycles. The van der Waals surface area contributed by atoms with Gasteiger partial charge in [-0.1, -0.05) is 53.0 Å². The normalized spacial score (nSPS) is 13.8. The van der Waals surface area contributed by atoms with Crippen molar-refractivity contribution in [3.8, 4) is 0 Å². The van der Waals surface area contributed by atoms with E-state index in [1.54, 1.807) is 0 Å². The molecule has 1 heterocycles. The number of allylic oxidation sites excluding steroid dienone is 1. The Bertz CT molecular complexity index is 443. The number of hydrogen-bond donors (Lipinski definition) is 0. The van der Waals surface area contributed by atoms with Crippen LogP contribution in [0.15, 0.2) is 24.3 Å². The second kappa shape index (κ2) is 4.32. The second-order valence-electron chi connectivity index (χ2n) is 5.60. The lowest BCUT2D eigenvalue weighted by Crippen LogP contribution is -2.30. The summed E-state index contributed by atoms with van der Waals surface area (Å²) in [5.74, 6) is 0.438. The summed E-state index contributed by atoms with van der Waals surface area (Å²) in [6, 6.07) is 4.02. The third-order valence-corrected chi connectivity index (χ3v) is 3.18. The van der Waals surface area contributed by atoms with Gasteiger partial charge in [0, 0.05) is 17.2 Å². The smallest absolute Gasteiger partial charge is 0.0338 e. The molecule has 0 aliphatic carbocycles. The summed E-state index contributed by atoms with van der Waals surface area (Å²) in [6.07, 6.45) is 0. The van der Waals surface area contributed by atoms with E-state index >= 15 is 0 Å².